The van der Waals surface area contributed by atoms with Gasteiger partial charge in [0, 0.05) is 6.54 Å². The van der Waals surface area contributed by atoms with Gasteiger partial charge in [0.1, 0.15) is 11.4 Å². The number of para-hydroxylation sites is 1. The third-order valence-electron chi connectivity index (χ3n) is 2.86. The van der Waals surface area contributed by atoms with Gasteiger partial charge in [-0.15, -0.1) is 0 Å². The highest BCUT2D eigenvalue weighted by molar-refractivity contribution is 5.62. The highest BCUT2D eigenvalue weighted by Crippen LogP contribution is 2.27. The second-order valence-corrected chi connectivity index (χ2v) is 4.33. The molecule has 2 rings (SSSR count). The Morgan fingerprint density at radius 2 is 2.05 bits per heavy atom. The molecule has 0 aromatic heterocycles. The number of nitrogens with one attached hydrogen (secondary N) is 1. The lowest BCUT2D eigenvalue weighted by molar-refractivity contribution is -0.386. The molecule has 1 N–H and O–H groups in total. The maximum atomic E-state index is 13.5. The monoisotopic (exact) mass is 290 g/mol. The summed E-state index contributed by atoms with van der Waals surface area (Å²) < 4.78 is 18.9. The number of nitro groups is 1. The predicted molar refractivity (Wildman–Crippen MR) is 78.0 cm³/mol. The summed E-state index contributed by atoms with van der Waals surface area (Å²) in [5.74, 6) is -0.126. The first-order valence-electron chi connectivity index (χ1n) is 6.50. The van der Waals surface area contributed by atoms with Crippen LogP contribution in [0.1, 0.15) is 12.5 Å². The summed E-state index contributed by atoms with van der Waals surface area (Å²) in [7, 11) is 0. The molecule has 0 atom stereocenters. The van der Waals surface area contributed by atoms with Gasteiger partial charge in [0.2, 0.25) is 5.82 Å². The van der Waals surface area contributed by atoms with E-state index < -0.39 is 16.4 Å². The fourth-order valence-corrected chi connectivity index (χ4v) is 1.95. The van der Waals surface area contributed by atoms with Crippen LogP contribution in [0, 0.1) is 15.9 Å². The molecule has 6 heteroatoms. The van der Waals surface area contributed by atoms with Crippen molar-refractivity contribution in [2.24, 2.45) is 0 Å². The van der Waals surface area contributed by atoms with E-state index >= 15 is 0 Å². The van der Waals surface area contributed by atoms with E-state index in [-0.39, 0.29) is 5.69 Å². The molecule has 0 aliphatic heterocycles. The zero-order valence-electron chi connectivity index (χ0n) is 11.5. The molecule has 0 fully saturated rings. The number of benzene rings is 2. The van der Waals surface area contributed by atoms with Gasteiger partial charge in [-0.3, -0.25) is 10.1 Å². The summed E-state index contributed by atoms with van der Waals surface area (Å²) in [4.78, 5) is 10.2. The zero-order chi connectivity index (χ0) is 15.2. The summed E-state index contributed by atoms with van der Waals surface area (Å²) in [6.45, 7) is 2.79. The molecule has 0 radical (unpaired) electrons. The largest absolute Gasteiger partial charge is 0.494 e. The topological polar surface area (TPSA) is 64.4 Å². The molecule has 0 saturated heterocycles. The molecule has 0 saturated carbocycles. The van der Waals surface area contributed by atoms with Crippen LogP contribution in [-0.2, 0) is 6.54 Å². The van der Waals surface area contributed by atoms with Crippen LogP contribution in [0.15, 0.2) is 42.5 Å². The van der Waals surface area contributed by atoms with Crippen molar-refractivity contribution in [1.82, 2.24) is 0 Å². The van der Waals surface area contributed by atoms with Gasteiger partial charge in [-0.1, -0.05) is 18.2 Å². The molecular formula is C15H15FN2O3. The number of hydrogen-bond donors (Lipinski definition) is 1. The van der Waals surface area contributed by atoms with E-state index in [1.165, 1.54) is 12.1 Å². The van der Waals surface area contributed by atoms with Crippen molar-refractivity contribution >= 4 is 11.4 Å². The minimum atomic E-state index is -0.854. The number of halogens is 1. The molecular weight excluding hydrogens is 275 g/mol. The van der Waals surface area contributed by atoms with E-state index in [4.69, 9.17) is 4.74 Å². The molecule has 0 spiro atoms. The van der Waals surface area contributed by atoms with Crippen LogP contribution < -0.4 is 10.1 Å². The Morgan fingerprint density at radius 1 is 1.29 bits per heavy atom. The second-order valence-electron chi connectivity index (χ2n) is 4.33. The molecule has 110 valence electrons. The smallest absolute Gasteiger partial charge is 0.327 e. The van der Waals surface area contributed by atoms with Crippen LogP contribution in [0.5, 0.6) is 5.75 Å². The van der Waals surface area contributed by atoms with Crippen molar-refractivity contribution < 1.29 is 14.1 Å². The SMILES string of the molecule is CCOc1cccc(CNc2cccc(F)c2[N+](=O)[O-])c1. The van der Waals surface area contributed by atoms with Gasteiger partial charge in [0.15, 0.2) is 0 Å². The molecule has 0 amide bonds. The fourth-order valence-electron chi connectivity index (χ4n) is 1.95. The lowest BCUT2D eigenvalue weighted by Crippen LogP contribution is -2.04. The van der Waals surface area contributed by atoms with Crippen LogP contribution >= 0.6 is 0 Å². The average Bonchev–Trinajstić information content (AvgIpc) is 2.45. The van der Waals surface area contributed by atoms with E-state index in [9.17, 15) is 14.5 Å². The summed E-state index contributed by atoms with van der Waals surface area (Å²) in [5, 5.41) is 13.8. The molecule has 0 unspecified atom stereocenters. The van der Waals surface area contributed by atoms with Gasteiger partial charge in [-0.25, -0.2) is 0 Å². The van der Waals surface area contributed by atoms with Gasteiger partial charge in [0.25, 0.3) is 0 Å². The summed E-state index contributed by atoms with van der Waals surface area (Å²) in [6.07, 6.45) is 0. The highest BCUT2D eigenvalue weighted by atomic mass is 19.1. The van der Waals surface area contributed by atoms with Crippen molar-refractivity contribution in [3.63, 3.8) is 0 Å². The van der Waals surface area contributed by atoms with E-state index in [2.05, 4.69) is 5.32 Å². The number of rotatable bonds is 6. The first-order chi connectivity index (χ1) is 10.1. The minimum Gasteiger partial charge on any atom is -0.494 e. The van der Waals surface area contributed by atoms with Crippen LogP contribution in [-0.4, -0.2) is 11.5 Å². The number of nitro benzene ring substituents is 1. The molecule has 0 aliphatic rings. The Bertz CT molecular complexity index is 647. The van der Waals surface area contributed by atoms with Crippen LogP contribution in [0.4, 0.5) is 15.8 Å². The highest BCUT2D eigenvalue weighted by Gasteiger charge is 2.19. The molecule has 2 aromatic carbocycles. The van der Waals surface area contributed by atoms with Gasteiger partial charge in [-0.05, 0) is 36.8 Å². The molecule has 21 heavy (non-hydrogen) atoms. The quantitative estimate of drug-likeness (QED) is 0.650. The molecule has 0 aliphatic carbocycles. The normalized spacial score (nSPS) is 10.2. The van der Waals surface area contributed by atoms with Crippen LogP contribution in [0.2, 0.25) is 0 Å². The van der Waals surface area contributed by atoms with Crippen molar-refractivity contribution in [2.45, 2.75) is 13.5 Å². The van der Waals surface area contributed by atoms with Crippen molar-refractivity contribution in [1.29, 1.82) is 0 Å². The Balaban J connectivity index is 2.15. The maximum absolute atomic E-state index is 13.5. The Morgan fingerprint density at radius 3 is 2.76 bits per heavy atom. The Labute approximate surface area is 121 Å². The van der Waals surface area contributed by atoms with Gasteiger partial charge >= 0.3 is 5.69 Å². The first-order valence-corrected chi connectivity index (χ1v) is 6.50. The summed E-state index contributed by atoms with van der Waals surface area (Å²) >= 11 is 0. The number of ether oxygens (including phenoxy) is 1. The zero-order valence-corrected chi connectivity index (χ0v) is 11.5. The predicted octanol–water partition coefficient (Wildman–Crippen LogP) is 3.74. The van der Waals surface area contributed by atoms with Gasteiger partial charge in [-0.2, -0.15) is 4.39 Å². The van der Waals surface area contributed by atoms with Gasteiger partial charge in [0.05, 0.1) is 11.5 Å². The number of anilines is 1. The Kier molecular flexibility index (Phi) is 4.71. The van der Waals surface area contributed by atoms with E-state index in [1.807, 2.05) is 31.2 Å². The molecule has 5 nitrogen and oxygen atoms in total. The lowest BCUT2D eigenvalue weighted by atomic mass is 10.2. The first kappa shape index (κ1) is 14.8. The van der Waals surface area contributed by atoms with Crippen molar-refractivity contribution in [3.8, 4) is 5.75 Å². The van der Waals surface area contributed by atoms with E-state index in [1.54, 1.807) is 0 Å². The fraction of sp³-hybridized carbons (Fsp3) is 0.200. The maximum Gasteiger partial charge on any atom is 0.327 e. The second kappa shape index (κ2) is 6.69. The third kappa shape index (κ3) is 3.68. The van der Waals surface area contributed by atoms with Crippen LogP contribution in [0.3, 0.4) is 0 Å². The molecule has 0 heterocycles. The van der Waals surface area contributed by atoms with Gasteiger partial charge < -0.3 is 10.1 Å². The molecule has 0 bridgehead atoms. The number of nitrogens with zero attached hydrogens (tertiary/aromatic N) is 1. The summed E-state index contributed by atoms with van der Waals surface area (Å²) in [5.41, 5.74) is 0.500. The lowest BCUT2D eigenvalue weighted by Gasteiger charge is -2.09. The van der Waals surface area contributed by atoms with E-state index in [0.717, 1.165) is 17.4 Å². The van der Waals surface area contributed by atoms with E-state index in [0.29, 0.717) is 13.2 Å². The minimum absolute atomic E-state index is 0.154. The Hall–Kier alpha value is -2.63. The van der Waals surface area contributed by atoms with Crippen LogP contribution in [0.25, 0.3) is 0 Å². The number of hydrogen-bond acceptors (Lipinski definition) is 4. The average molecular weight is 290 g/mol. The van der Waals surface area contributed by atoms with Crippen molar-refractivity contribution in [2.75, 3.05) is 11.9 Å². The third-order valence-corrected chi connectivity index (χ3v) is 2.86. The summed E-state index contributed by atoms with van der Waals surface area (Å²) in [6, 6.07) is 11.3. The van der Waals surface area contributed by atoms with Crippen molar-refractivity contribution in [3.05, 3.63) is 64.0 Å². The standard InChI is InChI=1S/C15H15FN2O3/c1-2-21-12-6-3-5-11(9-12)10-17-14-8-4-7-13(16)15(14)18(19)20/h3-9,17H,2,10H2,1H3. The molecule has 2 aromatic rings.